The van der Waals surface area contributed by atoms with E-state index in [4.69, 9.17) is 15.0 Å². The van der Waals surface area contributed by atoms with Crippen LogP contribution in [0.5, 0.6) is 0 Å². The minimum Gasteiger partial charge on any atom is -0.208 e. The zero-order valence-electron chi connectivity index (χ0n) is 26.5. The molecule has 0 unspecified atom stereocenters. The van der Waals surface area contributed by atoms with Crippen LogP contribution >= 0.6 is 11.3 Å². The first-order valence-electron chi connectivity index (χ1n) is 16.4. The summed E-state index contributed by atoms with van der Waals surface area (Å²) in [5, 5.41) is 2.60. The van der Waals surface area contributed by atoms with Crippen molar-refractivity contribution in [3.63, 3.8) is 0 Å². The molecule has 0 amide bonds. The Bertz CT molecular complexity index is 2580. The molecule has 9 rings (SSSR count). The van der Waals surface area contributed by atoms with E-state index in [-0.39, 0.29) is 0 Å². The summed E-state index contributed by atoms with van der Waals surface area (Å²) in [7, 11) is 0. The molecule has 230 valence electrons. The number of fused-ring (bicyclic) bond motifs is 3. The van der Waals surface area contributed by atoms with Crippen LogP contribution in [0.15, 0.2) is 176 Å². The lowest BCUT2D eigenvalue weighted by molar-refractivity contribution is 1.07. The molecule has 0 saturated carbocycles. The minimum absolute atomic E-state index is 0.647. The van der Waals surface area contributed by atoms with Gasteiger partial charge in [-0.3, -0.25) is 0 Å². The summed E-state index contributed by atoms with van der Waals surface area (Å²) in [5.74, 6) is 1.95. The smallest absolute Gasteiger partial charge is 0.164 e. The molecule has 9 aromatic rings. The predicted octanol–water partition coefficient (Wildman–Crippen LogP) is 12.2. The third-order valence-electron chi connectivity index (χ3n) is 8.95. The first kappa shape index (κ1) is 29.0. The number of hydrogen-bond acceptors (Lipinski definition) is 4. The van der Waals surface area contributed by atoms with Crippen LogP contribution in [0.2, 0.25) is 0 Å². The van der Waals surface area contributed by atoms with E-state index in [9.17, 15) is 0 Å². The van der Waals surface area contributed by atoms with Crippen LogP contribution in [0.3, 0.4) is 0 Å². The summed E-state index contributed by atoms with van der Waals surface area (Å²) in [6, 6.07) is 61.6. The van der Waals surface area contributed by atoms with Gasteiger partial charge in [-0.2, -0.15) is 0 Å². The van der Waals surface area contributed by atoms with Gasteiger partial charge in [0, 0.05) is 36.9 Å². The topological polar surface area (TPSA) is 38.7 Å². The fraction of sp³-hybridized carbons (Fsp3) is 0. The largest absolute Gasteiger partial charge is 0.208 e. The Balaban J connectivity index is 1.12. The molecule has 0 aliphatic carbocycles. The lowest BCUT2D eigenvalue weighted by Crippen LogP contribution is -2.00. The number of rotatable bonds is 6. The van der Waals surface area contributed by atoms with E-state index >= 15 is 0 Å². The summed E-state index contributed by atoms with van der Waals surface area (Å²) < 4.78 is 2.57. The number of benzene rings is 7. The highest BCUT2D eigenvalue weighted by atomic mass is 32.1. The number of nitrogens with zero attached hydrogens (tertiary/aromatic N) is 3. The molecule has 0 fully saturated rings. The molecule has 0 atom stereocenters. The van der Waals surface area contributed by atoms with Gasteiger partial charge in [0.2, 0.25) is 0 Å². The van der Waals surface area contributed by atoms with E-state index in [1.165, 1.54) is 36.9 Å². The van der Waals surface area contributed by atoms with E-state index in [0.717, 1.165) is 33.4 Å². The highest BCUT2D eigenvalue weighted by molar-refractivity contribution is 7.26. The SMILES string of the molecule is c1ccc(-c2ccc(-c3nc(-c4ccccc4)nc(-c4cccc(-c5ccc6c(c5)sc5cccc(-c7ccccc7)c56)c4)n3)cc2)cc1. The molecule has 49 heavy (non-hydrogen) atoms. The van der Waals surface area contributed by atoms with Gasteiger partial charge in [0.1, 0.15) is 0 Å². The maximum Gasteiger partial charge on any atom is 0.164 e. The normalized spacial score (nSPS) is 11.3. The molecule has 0 N–H and O–H groups in total. The third kappa shape index (κ3) is 5.58. The van der Waals surface area contributed by atoms with Gasteiger partial charge in [-0.15, -0.1) is 11.3 Å². The van der Waals surface area contributed by atoms with E-state index in [1.54, 1.807) is 0 Å². The van der Waals surface area contributed by atoms with Crippen LogP contribution in [0.1, 0.15) is 0 Å². The van der Waals surface area contributed by atoms with Gasteiger partial charge in [-0.1, -0.05) is 158 Å². The molecule has 2 aromatic heterocycles. The fourth-order valence-corrected chi connectivity index (χ4v) is 7.67. The molecule has 0 saturated heterocycles. The maximum atomic E-state index is 5.03. The molecular formula is C45H29N3S. The lowest BCUT2D eigenvalue weighted by Gasteiger charge is -2.10. The van der Waals surface area contributed by atoms with E-state index in [2.05, 4.69) is 140 Å². The Morgan fingerprint density at radius 3 is 1.47 bits per heavy atom. The van der Waals surface area contributed by atoms with E-state index in [0.29, 0.717) is 17.5 Å². The van der Waals surface area contributed by atoms with Crippen molar-refractivity contribution in [2.24, 2.45) is 0 Å². The Morgan fingerprint density at radius 2 is 0.776 bits per heavy atom. The zero-order chi connectivity index (χ0) is 32.6. The average molecular weight is 644 g/mol. The molecule has 0 bridgehead atoms. The second-order valence-corrected chi connectivity index (χ2v) is 13.1. The molecular weight excluding hydrogens is 615 g/mol. The Hall–Kier alpha value is -6.23. The van der Waals surface area contributed by atoms with Crippen molar-refractivity contribution in [3.05, 3.63) is 176 Å². The first-order valence-corrected chi connectivity index (χ1v) is 17.2. The highest BCUT2D eigenvalue weighted by Crippen LogP contribution is 2.41. The Morgan fingerprint density at radius 1 is 0.306 bits per heavy atom. The highest BCUT2D eigenvalue weighted by Gasteiger charge is 2.15. The van der Waals surface area contributed by atoms with E-state index in [1.807, 2.05) is 47.7 Å². The molecule has 3 nitrogen and oxygen atoms in total. The van der Waals surface area contributed by atoms with Gasteiger partial charge in [0.05, 0.1) is 0 Å². The second kappa shape index (κ2) is 12.4. The Labute approximate surface area is 288 Å². The number of aromatic nitrogens is 3. The van der Waals surface area contributed by atoms with Crippen molar-refractivity contribution >= 4 is 31.5 Å². The van der Waals surface area contributed by atoms with Crippen LogP contribution in [0.25, 0.3) is 87.7 Å². The fourth-order valence-electron chi connectivity index (χ4n) is 6.49. The van der Waals surface area contributed by atoms with Crippen LogP contribution < -0.4 is 0 Å². The van der Waals surface area contributed by atoms with Crippen molar-refractivity contribution in [1.29, 1.82) is 0 Å². The van der Waals surface area contributed by atoms with E-state index < -0.39 is 0 Å². The monoisotopic (exact) mass is 643 g/mol. The average Bonchev–Trinajstić information content (AvgIpc) is 3.57. The summed E-state index contributed by atoms with van der Waals surface area (Å²) in [5.41, 5.74) is 9.97. The van der Waals surface area contributed by atoms with Crippen molar-refractivity contribution in [3.8, 4) is 67.5 Å². The summed E-state index contributed by atoms with van der Waals surface area (Å²) in [4.78, 5) is 15.0. The van der Waals surface area contributed by atoms with Gasteiger partial charge in [0.25, 0.3) is 0 Å². The number of thiophene rings is 1. The van der Waals surface area contributed by atoms with Gasteiger partial charge >= 0.3 is 0 Å². The molecule has 0 radical (unpaired) electrons. The van der Waals surface area contributed by atoms with Crippen LogP contribution in [0, 0.1) is 0 Å². The van der Waals surface area contributed by atoms with Crippen molar-refractivity contribution < 1.29 is 0 Å². The molecule has 2 heterocycles. The minimum atomic E-state index is 0.647. The van der Waals surface area contributed by atoms with Gasteiger partial charge in [-0.25, -0.2) is 15.0 Å². The van der Waals surface area contributed by atoms with Crippen molar-refractivity contribution in [1.82, 2.24) is 15.0 Å². The van der Waals surface area contributed by atoms with Gasteiger partial charge < -0.3 is 0 Å². The van der Waals surface area contributed by atoms with Crippen molar-refractivity contribution in [2.45, 2.75) is 0 Å². The molecule has 4 heteroatoms. The first-order chi connectivity index (χ1) is 24.3. The van der Waals surface area contributed by atoms with Crippen molar-refractivity contribution in [2.75, 3.05) is 0 Å². The lowest BCUT2D eigenvalue weighted by atomic mass is 9.97. The summed E-state index contributed by atoms with van der Waals surface area (Å²) >= 11 is 1.85. The van der Waals surface area contributed by atoms with Crippen LogP contribution in [-0.4, -0.2) is 15.0 Å². The summed E-state index contributed by atoms with van der Waals surface area (Å²) in [6.45, 7) is 0. The quantitative estimate of drug-likeness (QED) is 0.181. The Kier molecular flexibility index (Phi) is 7.34. The third-order valence-corrected chi connectivity index (χ3v) is 10.1. The second-order valence-electron chi connectivity index (χ2n) is 12.1. The van der Waals surface area contributed by atoms with Crippen LogP contribution in [-0.2, 0) is 0 Å². The molecule has 7 aromatic carbocycles. The van der Waals surface area contributed by atoms with Gasteiger partial charge in [0.15, 0.2) is 17.5 Å². The standard InChI is InChI=1S/C45H29N3S/c1-4-12-30(13-5-1)31-22-24-34(25-23-31)44-46-43(33-16-8-3-9-17-33)47-45(48-44)37-19-10-18-35(28-37)36-26-27-39-41(29-36)49-40-21-11-20-38(42(39)40)32-14-6-2-7-15-32/h1-29H. The van der Waals surface area contributed by atoms with Crippen LogP contribution in [0.4, 0.5) is 0 Å². The predicted molar refractivity (Wildman–Crippen MR) is 205 cm³/mol. The number of hydrogen-bond donors (Lipinski definition) is 0. The zero-order valence-corrected chi connectivity index (χ0v) is 27.3. The summed E-state index contributed by atoms with van der Waals surface area (Å²) in [6.07, 6.45) is 0. The maximum absolute atomic E-state index is 5.03. The molecule has 0 aliphatic rings. The van der Waals surface area contributed by atoms with Gasteiger partial charge in [-0.05, 0) is 51.6 Å². The molecule has 0 aliphatic heterocycles. The molecule has 0 spiro atoms.